The van der Waals surface area contributed by atoms with Gasteiger partial charge in [0, 0.05) is 37.3 Å². The van der Waals surface area contributed by atoms with Crippen molar-refractivity contribution in [3.63, 3.8) is 0 Å². The number of hydrogen-bond donors (Lipinski definition) is 1. The highest BCUT2D eigenvalue weighted by molar-refractivity contribution is 5.20. The normalized spacial score (nSPS) is 41.9. The second-order valence-electron chi connectivity index (χ2n) is 7.82. The van der Waals surface area contributed by atoms with Gasteiger partial charge in [-0.15, -0.1) is 0 Å². The van der Waals surface area contributed by atoms with Gasteiger partial charge in [0.05, 0.1) is 6.20 Å². The number of aromatic nitrogens is 2. The van der Waals surface area contributed by atoms with Gasteiger partial charge in [-0.05, 0) is 61.7 Å². The number of rotatable bonds is 2. The van der Waals surface area contributed by atoms with Crippen LogP contribution in [0, 0.1) is 29.6 Å². The lowest BCUT2D eigenvalue weighted by atomic mass is 9.52. The Kier molecular flexibility index (Phi) is 2.55. The molecule has 108 valence electrons. The van der Waals surface area contributed by atoms with E-state index in [0.29, 0.717) is 0 Å². The molecule has 1 aromatic heterocycles. The zero-order chi connectivity index (χ0) is 13.1. The summed E-state index contributed by atoms with van der Waals surface area (Å²) in [4.78, 5) is 0. The van der Waals surface area contributed by atoms with Gasteiger partial charge in [0.1, 0.15) is 0 Å². The Morgan fingerprint density at radius 3 is 2.60 bits per heavy atom. The van der Waals surface area contributed by atoms with E-state index in [4.69, 9.17) is 5.10 Å². The number of nitrogens with zero attached hydrogens (tertiary/aromatic N) is 2. The van der Waals surface area contributed by atoms with Crippen LogP contribution in [0.15, 0.2) is 6.20 Å². The van der Waals surface area contributed by atoms with E-state index in [1.807, 2.05) is 0 Å². The van der Waals surface area contributed by atoms with Gasteiger partial charge in [-0.3, -0.25) is 4.68 Å². The van der Waals surface area contributed by atoms with Crippen LogP contribution in [0.1, 0.15) is 43.4 Å². The lowest BCUT2D eigenvalue weighted by molar-refractivity contribution is -0.0445. The fraction of sp³-hybridized carbons (Fsp3) is 0.824. The third-order valence-corrected chi connectivity index (χ3v) is 6.69. The maximum Gasteiger partial charge on any atom is 0.0537 e. The molecule has 1 N–H and O–H groups in total. The van der Waals surface area contributed by atoms with Gasteiger partial charge in [-0.1, -0.05) is 0 Å². The van der Waals surface area contributed by atoms with Crippen molar-refractivity contribution < 1.29 is 0 Å². The maximum atomic E-state index is 4.73. The molecule has 5 aliphatic rings. The molecule has 0 saturated heterocycles. The second kappa shape index (κ2) is 4.33. The first-order chi connectivity index (χ1) is 9.87. The Bertz CT molecular complexity index is 490. The highest BCUT2D eigenvalue weighted by Gasteiger charge is 2.48. The second-order valence-corrected chi connectivity index (χ2v) is 7.82. The molecule has 0 spiro atoms. The first-order valence-corrected chi connectivity index (χ1v) is 8.61. The van der Waals surface area contributed by atoms with Crippen LogP contribution < -0.4 is 5.32 Å². The molecule has 3 heteroatoms. The molecule has 4 fully saturated rings. The molecule has 0 aromatic carbocycles. The monoisotopic (exact) mass is 271 g/mol. The third kappa shape index (κ3) is 1.71. The summed E-state index contributed by atoms with van der Waals surface area (Å²) in [6.45, 7) is 3.36. The van der Waals surface area contributed by atoms with Crippen LogP contribution in [0.4, 0.5) is 0 Å². The van der Waals surface area contributed by atoms with Crippen molar-refractivity contribution >= 4 is 0 Å². The van der Waals surface area contributed by atoms with E-state index >= 15 is 0 Å². The Balaban J connectivity index is 1.40. The Labute approximate surface area is 121 Å². The van der Waals surface area contributed by atoms with Gasteiger partial charge in [-0.2, -0.15) is 5.10 Å². The van der Waals surface area contributed by atoms with Crippen LogP contribution >= 0.6 is 0 Å². The molecule has 20 heavy (non-hydrogen) atoms. The molecule has 2 heterocycles. The SMILES string of the molecule is c1nn(CC2C3CC4CC(C3)CC2C4)c2c1CNCC2. The number of nitrogens with one attached hydrogen (secondary N) is 1. The zero-order valence-corrected chi connectivity index (χ0v) is 12.2. The highest BCUT2D eigenvalue weighted by Crippen LogP contribution is 2.56. The fourth-order valence-electron chi connectivity index (χ4n) is 6.01. The lowest BCUT2D eigenvalue weighted by Crippen LogP contribution is -2.46. The molecule has 4 bridgehead atoms. The lowest BCUT2D eigenvalue weighted by Gasteiger charge is -2.54. The van der Waals surface area contributed by atoms with Crippen LogP contribution in [0.25, 0.3) is 0 Å². The summed E-state index contributed by atoms with van der Waals surface area (Å²) in [5.41, 5.74) is 2.97. The molecule has 0 amide bonds. The highest BCUT2D eigenvalue weighted by atomic mass is 15.3. The standard InChI is InChI=1S/C17H25N3/c1-2-18-8-15-9-19-20(17(1)15)10-16-13-4-11-3-12(6-13)7-14(16)5-11/h9,11-14,16,18H,1-8,10H2. The molecule has 0 atom stereocenters. The van der Waals surface area contributed by atoms with Crippen molar-refractivity contribution in [1.29, 1.82) is 0 Å². The first-order valence-electron chi connectivity index (χ1n) is 8.61. The topological polar surface area (TPSA) is 29.9 Å². The van der Waals surface area contributed by atoms with Crippen molar-refractivity contribution in [2.75, 3.05) is 6.54 Å². The smallest absolute Gasteiger partial charge is 0.0537 e. The van der Waals surface area contributed by atoms with Crippen molar-refractivity contribution in [2.24, 2.45) is 29.6 Å². The van der Waals surface area contributed by atoms with Gasteiger partial charge in [0.25, 0.3) is 0 Å². The van der Waals surface area contributed by atoms with Crippen molar-refractivity contribution in [2.45, 2.75) is 51.6 Å². The van der Waals surface area contributed by atoms with Gasteiger partial charge in [0.2, 0.25) is 0 Å². The maximum absolute atomic E-state index is 4.73. The number of fused-ring (bicyclic) bond motifs is 1. The molecule has 0 radical (unpaired) electrons. The van der Waals surface area contributed by atoms with Crippen molar-refractivity contribution in [3.8, 4) is 0 Å². The largest absolute Gasteiger partial charge is 0.312 e. The van der Waals surface area contributed by atoms with E-state index in [2.05, 4.69) is 16.2 Å². The molecule has 3 nitrogen and oxygen atoms in total. The fourth-order valence-corrected chi connectivity index (χ4v) is 6.01. The molecular weight excluding hydrogens is 246 g/mol. The van der Waals surface area contributed by atoms with E-state index in [9.17, 15) is 0 Å². The van der Waals surface area contributed by atoms with Crippen LogP contribution in [-0.2, 0) is 19.5 Å². The molecule has 0 unspecified atom stereocenters. The summed E-state index contributed by atoms with van der Waals surface area (Å²) in [5, 5.41) is 8.18. The Morgan fingerprint density at radius 1 is 1.10 bits per heavy atom. The quantitative estimate of drug-likeness (QED) is 0.896. The average Bonchev–Trinajstić information content (AvgIpc) is 2.85. The van der Waals surface area contributed by atoms with Crippen molar-refractivity contribution in [1.82, 2.24) is 15.1 Å². The predicted molar refractivity (Wildman–Crippen MR) is 78.2 cm³/mol. The molecular formula is C17H25N3. The van der Waals surface area contributed by atoms with Gasteiger partial charge in [-0.25, -0.2) is 0 Å². The minimum Gasteiger partial charge on any atom is -0.312 e. The van der Waals surface area contributed by atoms with E-state index in [0.717, 1.165) is 42.7 Å². The summed E-state index contributed by atoms with van der Waals surface area (Å²) in [6, 6.07) is 0. The van der Waals surface area contributed by atoms with Crippen molar-refractivity contribution in [3.05, 3.63) is 17.5 Å². The van der Waals surface area contributed by atoms with E-state index < -0.39 is 0 Å². The van der Waals surface area contributed by atoms with E-state index in [1.54, 1.807) is 6.42 Å². The Morgan fingerprint density at radius 2 is 1.85 bits per heavy atom. The molecule has 6 rings (SSSR count). The summed E-state index contributed by atoms with van der Waals surface area (Å²) in [7, 11) is 0. The molecule has 4 aliphatic carbocycles. The minimum absolute atomic E-state index is 0.932. The minimum atomic E-state index is 0.932. The summed E-state index contributed by atoms with van der Waals surface area (Å²) < 4.78 is 2.38. The number of hydrogen-bond acceptors (Lipinski definition) is 2. The van der Waals surface area contributed by atoms with Crippen LogP contribution in [-0.4, -0.2) is 16.3 Å². The van der Waals surface area contributed by atoms with E-state index in [-0.39, 0.29) is 0 Å². The van der Waals surface area contributed by atoms with Gasteiger partial charge in [0.15, 0.2) is 0 Å². The molecule has 4 saturated carbocycles. The molecule has 1 aliphatic heterocycles. The van der Waals surface area contributed by atoms with Crippen LogP contribution in [0.3, 0.4) is 0 Å². The summed E-state index contributed by atoms with van der Waals surface area (Å²) in [6.07, 6.45) is 11.0. The van der Waals surface area contributed by atoms with Gasteiger partial charge < -0.3 is 5.32 Å². The predicted octanol–water partition coefficient (Wildman–Crippen LogP) is 2.60. The first kappa shape index (κ1) is 11.8. The van der Waals surface area contributed by atoms with E-state index in [1.165, 1.54) is 49.9 Å². The Hall–Kier alpha value is -0.830. The summed E-state index contributed by atoms with van der Waals surface area (Å²) >= 11 is 0. The average molecular weight is 271 g/mol. The molecule has 1 aromatic rings. The van der Waals surface area contributed by atoms with Crippen LogP contribution in [0.5, 0.6) is 0 Å². The zero-order valence-electron chi connectivity index (χ0n) is 12.2. The third-order valence-electron chi connectivity index (χ3n) is 6.69. The van der Waals surface area contributed by atoms with Gasteiger partial charge >= 0.3 is 0 Å². The van der Waals surface area contributed by atoms with Crippen LogP contribution in [0.2, 0.25) is 0 Å². The summed E-state index contributed by atoms with van der Waals surface area (Å²) in [5.74, 6) is 5.15.